The topological polar surface area (TPSA) is 58.2 Å². The van der Waals surface area contributed by atoms with Crippen molar-refractivity contribution in [3.63, 3.8) is 0 Å². The second-order valence-corrected chi connectivity index (χ2v) is 9.06. The minimum atomic E-state index is -0.115. The normalized spacial score (nSPS) is 16.1. The lowest BCUT2D eigenvalue weighted by atomic mass is 10.0. The number of amides is 1. The fourth-order valence-electron chi connectivity index (χ4n) is 3.71. The summed E-state index contributed by atoms with van der Waals surface area (Å²) in [5.74, 6) is 0.570. The molecular weight excluding hydrogens is 454 g/mol. The molecule has 172 valence electrons. The number of thioether (sulfide) groups is 1. The predicted molar refractivity (Wildman–Crippen MR) is 143 cm³/mol. The fraction of sp³-hybridized carbons (Fsp3) is 0.0690. The van der Waals surface area contributed by atoms with Crippen molar-refractivity contribution >= 4 is 35.1 Å². The summed E-state index contributed by atoms with van der Waals surface area (Å²) in [4.78, 5) is 15.4. The van der Waals surface area contributed by atoms with Gasteiger partial charge in [-0.3, -0.25) is 9.69 Å². The number of hydrogen-bond donors (Lipinski definition) is 0. The summed E-state index contributed by atoms with van der Waals surface area (Å²) in [6, 6.07) is 30.0. The number of nitrogens with zero attached hydrogens (tertiary/aromatic N) is 3. The number of furan rings is 1. The first-order chi connectivity index (χ1) is 17.2. The number of aryl methyl sites for hydroxylation is 1. The average molecular weight is 478 g/mol. The summed E-state index contributed by atoms with van der Waals surface area (Å²) < 4.78 is 5.47. The fourth-order valence-corrected chi connectivity index (χ4v) is 4.63. The Morgan fingerprint density at radius 1 is 0.886 bits per heavy atom. The van der Waals surface area contributed by atoms with Gasteiger partial charge in [0.1, 0.15) is 5.76 Å². The molecule has 1 aliphatic rings. The molecule has 0 saturated carbocycles. The third kappa shape index (κ3) is 5.34. The van der Waals surface area contributed by atoms with E-state index in [1.165, 1.54) is 17.3 Å². The molecule has 2 heterocycles. The minimum Gasteiger partial charge on any atom is -0.467 e. The molecule has 6 heteroatoms. The van der Waals surface area contributed by atoms with E-state index < -0.39 is 0 Å². The molecule has 0 radical (unpaired) electrons. The smallest absolute Gasteiger partial charge is 0.267 e. The van der Waals surface area contributed by atoms with Gasteiger partial charge in [0.2, 0.25) is 0 Å². The Labute approximate surface area is 208 Å². The van der Waals surface area contributed by atoms with Gasteiger partial charge in [0, 0.05) is 0 Å². The largest absolute Gasteiger partial charge is 0.467 e. The van der Waals surface area contributed by atoms with Gasteiger partial charge in [0.05, 0.1) is 23.9 Å². The monoisotopic (exact) mass is 477 g/mol. The summed E-state index contributed by atoms with van der Waals surface area (Å²) in [6.45, 7) is 2.32. The van der Waals surface area contributed by atoms with E-state index in [1.807, 2.05) is 73.7 Å². The van der Waals surface area contributed by atoms with Crippen LogP contribution in [0.5, 0.6) is 0 Å². The Morgan fingerprint density at radius 2 is 1.63 bits per heavy atom. The van der Waals surface area contributed by atoms with Crippen molar-refractivity contribution in [1.82, 2.24) is 4.90 Å². The molecule has 0 N–H and O–H groups in total. The van der Waals surface area contributed by atoms with Gasteiger partial charge in [-0.25, -0.2) is 0 Å². The molecule has 5 rings (SSSR count). The van der Waals surface area contributed by atoms with E-state index in [1.54, 1.807) is 23.4 Å². The SMILES string of the molecule is Cc1ccccc1/C=C1\S/C(=N\N=C\c2ccc(-c3ccccc3)cc2)N(Cc2ccco2)C1=O. The lowest BCUT2D eigenvalue weighted by molar-refractivity contribution is -0.122. The van der Waals surface area contributed by atoms with E-state index in [-0.39, 0.29) is 5.91 Å². The molecule has 1 amide bonds. The molecule has 5 nitrogen and oxygen atoms in total. The molecule has 1 saturated heterocycles. The van der Waals surface area contributed by atoms with Gasteiger partial charge < -0.3 is 4.42 Å². The number of amidine groups is 1. The second kappa shape index (κ2) is 10.4. The quantitative estimate of drug-likeness (QED) is 0.175. The standard InChI is InChI=1S/C29H23N3O2S/c1-21-8-5-6-11-25(21)18-27-28(33)32(20-26-12-7-17-34-26)29(35-27)31-30-19-22-13-15-24(16-14-22)23-9-3-2-4-10-23/h2-19H,20H2,1H3/b27-18-,30-19+,31-29-. The molecule has 4 aromatic rings. The van der Waals surface area contributed by atoms with Crippen LogP contribution in [-0.4, -0.2) is 22.2 Å². The molecule has 1 aliphatic heterocycles. The first-order valence-electron chi connectivity index (χ1n) is 11.2. The Balaban J connectivity index is 1.38. The molecule has 0 aliphatic carbocycles. The highest BCUT2D eigenvalue weighted by Gasteiger charge is 2.34. The van der Waals surface area contributed by atoms with Crippen molar-refractivity contribution in [2.24, 2.45) is 10.2 Å². The molecule has 3 aromatic carbocycles. The van der Waals surface area contributed by atoms with Gasteiger partial charge >= 0.3 is 0 Å². The zero-order chi connectivity index (χ0) is 24.0. The van der Waals surface area contributed by atoms with Crippen LogP contribution in [0.2, 0.25) is 0 Å². The highest BCUT2D eigenvalue weighted by molar-refractivity contribution is 8.18. The third-order valence-electron chi connectivity index (χ3n) is 5.63. The van der Waals surface area contributed by atoms with E-state index in [2.05, 4.69) is 34.5 Å². The predicted octanol–water partition coefficient (Wildman–Crippen LogP) is 6.76. The van der Waals surface area contributed by atoms with Gasteiger partial charge in [-0.1, -0.05) is 78.9 Å². The van der Waals surface area contributed by atoms with Gasteiger partial charge in [0.25, 0.3) is 5.91 Å². The number of carbonyl (C=O) groups excluding carboxylic acids is 1. The van der Waals surface area contributed by atoms with E-state index in [0.717, 1.165) is 22.3 Å². The van der Waals surface area contributed by atoms with E-state index in [0.29, 0.717) is 22.4 Å². The summed E-state index contributed by atoms with van der Waals surface area (Å²) in [7, 11) is 0. The van der Waals surface area contributed by atoms with Crippen molar-refractivity contribution in [3.8, 4) is 11.1 Å². The van der Waals surface area contributed by atoms with Gasteiger partial charge in [0.15, 0.2) is 5.17 Å². The summed E-state index contributed by atoms with van der Waals surface area (Å²) in [5.41, 5.74) is 5.34. The number of hydrogen-bond acceptors (Lipinski definition) is 5. The first-order valence-corrected chi connectivity index (χ1v) is 12.0. The van der Waals surface area contributed by atoms with Gasteiger partial charge in [-0.2, -0.15) is 5.10 Å². The average Bonchev–Trinajstić information content (AvgIpc) is 3.51. The third-order valence-corrected chi connectivity index (χ3v) is 6.62. The summed E-state index contributed by atoms with van der Waals surface area (Å²) in [5, 5.41) is 9.20. The van der Waals surface area contributed by atoms with Crippen LogP contribution in [0.3, 0.4) is 0 Å². The van der Waals surface area contributed by atoms with E-state index in [4.69, 9.17) is 4.42 Å². The summed E-state index contributed by atoms with van der Waals surface area (Å²) >= 11 is 1.32. The Bertz CT molecular complexity index is 1410. The van der Waals surface area contributed by atoms with Crippen LogP contribution in [-0.2, 0) is 11.3 Å². The number of rotatable bonds is 6. The highest BCUT2D eigenvalue weighted by atomic mass is 32.2. The van der Waals surface area contributed by atoms with Crippen LogP contribution in [0.4, 0.5) is 0 Å². The van der Waals surface area contributed by atoms with Crippen LogP contribution >= 0.6 is 11.8 Å². The molecule has 0 bridgehead atoms. The van der Waals surface area contributed by atoms with Crippen molar-refractivity contribution in [1.29, 1.82) is 0 Å². The molecule has 1 aromatic heterocycles. The zero-order valence-electron chi connectivity index (χ0n) is 19.2. The maximum absolute atomic E-state index is 13.2. The second-order valence-electron chi connectivity index (χ2n) is 8.05. The van der Waals surface area contributed by atoms with Gasteiger partial charge in [-0.15, -0.1) is 5.10 Å². The molecular formula is C29H23N3O2S. The zero-order valence-corrected chi connectivity index (χ0v) is 20.0. The van der Waals surface area contributed by atoms with Crippen molar-refractivity contribution < 1.29 is 9.21 Å². The molecule has 0 unspecified atom stereocenters. The molecule has 0 atom stereocenters. The highest BCUT2D eigenvalue weighted by Crippen LogP contribution is 2.34. The maximum Gasteiger partial charge on any atom is 0.267 e. The molecule has 1 fully saturated rings. The van der Waals surface area contributed by atoms with Crippen LogP contribution in [0, 0.1) is 6.92 Å². The van der Waals surface area contributed by atoms with Crippen LogP contribution < -0.4 is 0 Å². The molecule has 0 spiro atoms. The van der Waals surface area contributed by atoms with Crippen molar-refractivity contribution in [3.05, 3.63) is 125 Å². The van der Waals surface area contributed by atoms with Crippen molar-refractivity contribution in [2.75, 3.05) is 0 Å². The Kier molecular flexibility index (Phi) is 6.73. The molecule has 35 heavy (non-hydrogen) atoms. The van der Waals surface area contributed by atoms with Crippen molar-refractivity contribution in [2.45, 2.75) is 13.5 Å². The first kappa shape index (κ1) is 22.6. The van der Waals surface area contributed by atoms with E-state index >= 15 is 0 Å². The van der Waals surface area contributed by atoms with Crippen LogP contribution in [0.1, 0.15) is 22.5 Å². The Morgan fingerprint density at radius 3 is 2.37 bits per heavy atom. The van der Waals surface area contributed by atoms with Gasteiger partial charge in [-0.05, 0) is 64.7 Å². The number of carbonyl (C=O) groups is 1. The lowest BCUT2D eigenvalue weighted by Gasteiger charge is -2.12. The van der Waals surface area contributed by atoms with Crippen LogP contribution in [0.15, 0.2) is 117 Å². The Hall–Kier alpha value is -4.16. The van der Waals surface area contributed by atoms with E-state index in [9.17, 15) is 4.79 Å². The van der Waals surface area contributed by atoms with Crippen LogP contribution in [0.25, 0.3) is 17.2 Å². The summed E-state index contributed by atoms with van der Waals surface area (Å²) in [6.07, 6.45) is 5.20. The maximum atomic E-state index is 13.2. The lowest BCUT2D eigenvalue weighted by Crippen LogP contribution is -2.28. The minimum absolute atomic E-state index is 0.115. The number of benzene rings is 3.